The maximum Gasteiger partial charge on any atom is 0.194 e. The predicted molar refractivity (Wildman–Crippen MR) is 145 cm³/mol. The highest BCUT2D eigenvalue weighted by molar-refractivity contribution is 14.0. The molecule has 0 radical (unpaired) electrons. The fourth-order valence-corrected chi connectivity index (χ4v) is 4.42. The van der Waals surface area contributed by atoms with Crippen LogP contribution in [0.1, 0.15) is 5.56 Å². The molecule has 0 unspecified atom stereocenters. The smallest absolute Gasteiger partial charge is 0.194 e. The summed E-state index contributed by atoms with van der Waals surface area (Å²) in [5.41, 5.74) is 2.33. The van der Waals surface area contributed by atoms with E-state index in [2.05, 4.69) is 60.1 Å². The number of aliphatic imine (C=N–C) groups is 1. The molecule has 7 nitrogen and oxygen atoms in total. The van der Waals surface area contributed by atoms with E-state index >= 15 is 0 Å². The largest absolute Gasteiger partial charge is 0.367 e. The minimum atomic E-state index is 0. The summed E-state index contributed by atoms with van der Waals surface area (Å²) in [5, 5.41) is 4.35. The van der Waals surface area contributed by atoms with Gasteiger partial charge in [0.2, 0.25) is 0 Å². The second-order valence-corrected chi connectivity index (χ2v) is 8.55. The van der Waals surface area contributed by atoms with Crippen LogP contribution in [0.3, 0.4) is 0 Å². The molecule has 9 heteroatoms. The first kappa shape index (κ1) is 24.9. The first-order valence-corrected chi connectivity index (χ1v) is 11.4. The summed E-state index contributed by atoms with van der Waals surface area (Å²) in [6, 6.07) is 12.3. The maximum atomic E-state index is 6.38. The average molecular weight is 570 g/mol. The lowest BCUT2D eigenvalue weighted by molar-refractivity contribution is 0.312. The van der Waals surface area contributed by atoms with Crippen molar-refractivity contribution in [2.75, 3.05) is 76.3 Å². The molecule has 1 aromatic heterocycles. The number of guanidine groups is 1. The van der Waals surface area contributed by atoms with Gasteiger partial charge >= 0.3 is 0 Å². The number of anilines is 2. The molecule has 2 aliphatic rings. The topological polar surface area (TPSA) is 50.2 Å². The number of likely N-dealkylation sites (N-methyl/N-ethyl adjacent to an activating group) is 1. The Hall–Kier alpha value is -1.78. The second-order valence-electron chi connectivity index (χ2n) is 8.14. The number of nitrogens with zero attached hydrogens (tertiary/aromatic N) is 6. The molecule has 174 valence electrons. The molecule has 3 heterocycles. The lowest BCUT2D eigenvalue weighted by atomic mass is 10.2. The quantitative estimate of drug-likeness (QED) is 0.347. The van der Waals surface area contributed by atoms with E-state index in [1.807, 2.05) is 31.4 Å². The zero-order valence-electron chi connectivity index (χ0n) is 18.9. The Kier molecular flexibility index (Phi) is 9.24. The summed E-state index contributed by atoms with van der Waals surface area (Å²) in [6.07, 6.45) is 1.91. The van der Waals surface area contributed by atoms with Crippen LogP contribution in [0, 0.1) is 0 Å². The molecule has 0 saturated carbocycles. The molecule has 1 N–H and O–H groups in total. The van der Waals surface area contributed by atoms with E-state index < -0.39 is 0 Å². The van der Waals surface area contributed by atoms with Crippen LogP contribution in [0.4, 0.5) is 11.5 Å². The van der Waals surface area contributed by atoms with E-state index in [1.54, 1.807) is 0 Å². The number of halogens is 2. The molecular weight excluding hydrogens is 537 g/mol. The van der Waals surface area contributed by atoms with Crippen LogP contribution in [0.25, 0.3) is 0 Å². The third-order valence-electron chi connectivity index (χ3n) is 6.07. The highest BCUT2D eigenvalue weighted by Gasteiger charge is 2.21. The Morgan fingerprint density at radius 3 is 2.38 bits per heavy atom. The molecular formula is C23H33ClIN7. The summed E-state index contributed by atoms with van der Waals surface area (Å²) < 4.78 is 0. The highest BCUT2D eigenvalue weighted by Crippen LogP contribution is 2.26. The molecule has 32 heavy (non-hydrogen) atoms. The normalized spacial score (nSPS) is 17.8. The van der Waals surface area contributed by atoms with Gasteiger partial charge in [-0.05, 0) is 36.9 Å². The monoisotopic (exact) mass is 569 g/mol. The summed E-state index contributed by atoms with van der Waals surface area (Å²) in [6.45, 7) is 8.62. The Labute approximate surface area is 213 Å². The molecule has 0 aliphatic carbocycles. The first-order chi connectivity index (χ1) is 15.1. The van der Waals surface area contributed by atoms with Crippen LogP contribution in [0.15, 0.2) is 47.6 Å². The van der Waals surface area contributed by atoms with Crippen molar-refractivity contribution in [3.8, 4) is 0 Å². The number of para-hydroxylation sites is 1. The lowest BCUT2D eigenvalue weighted by Gasteiger charge is -2.38. The van der Waals surface area contributed by atoms with Crippen molar-refractivity contribution in [1.29, 1.82) is 0 Å². The van der Waals surface area contributed by atoms with Gasteiger partial charge in [-0.1, -0.05) is 23.7 Å². The molecule has 2 aromatic rings. The van der Waals surface area contributed by atoms with Crippen molar-refractivity contribution in [3.05, 3.63) is 53.2 Å². The van der Waals surface area contributed by atoms with Crippen LogP contribution >= 0.6 is 35.6 Å². The summed E-state index contributed by atoms with van der Waals surface area (Å²) in [7, 11) is 4.02. The predicted octanol–water partition coefficient (Wildman–Crippen LogP) is 3.00. The van der Waals surface area contributed by atoms with Gasteiger partial charge in [0.15, 0.2) is 5.96 Å². The maximum absolute atomic E-state index is 6.38. The number of nitrogens with one attached hydrogen (secondary N) is 1. The van der Waals surface area contributed by atoms with Crippen molar-refractivity contribution >= 4 is 53.0 Å². The molecule has 0 bridgehead atoms. The zero-order valence-corrected chi connectivity index (χ0v) is 22.0. The van der Waals surface area contributed by atoms with E-state index in [0.29, 0.717) is 0 Å². The van der Waals surface area contributed by atoms with Crippen molar-refractivity contribution in [1.82, 2.24) is 20.1 Å². The van der Waals surface area contributed by atoms with E-state index in [4.69, 9.17) is 11.6 Å². The van der Waals surface area contributed by atoms with Crippen LogP contribution in [0.2, 0.25) is 5.02 Å². The average Bonchev–Trinajstić information content (AvgIpc) is 2.81. The fraction of sp³-hybridized carbons (Fsp3) is 0.478. The summed E-state index contributed by atoms with van der Waals surface area (Å²) in [4.78, 5) is 18.5. The van der Waals surface area contributed by atoms with E-state index in [9.17, 15) is 0 Å². The number of aromatic nitrogens is 1. The minimum Gasteiger partial charge on any atom is -0.367 e. The molecule has 2 saturated heterocycles. The Morgan fingerprint density at radius 2 is 1.69 bits per heavy atom. The van der Waals surface area contributed by atoms with Gasteiger partial charge in [0.1, 0.15) is 5.82 Å². The Balaban J connectivity index is 0.00000289. The van der Waals surface area contributed by atoms with Crippen molar-refractivity contribution in [3.63, 3.8) is 0 Å². The number of hydrogen-bond acceptors (Lipinski definition) is 5. The van der Waals surface area contributed by atoms with Crippen molar-refractivity contribution < 1.29 is 0 Å². The van der Waals surface area contributed by atoms with Gasteiger partial charge in [0.05, 0.1) is 10.7 Å². The minimum absolute atomic E-state index is 0. The molecule has 1 aromatic carbocycles. The van der Waals surface area contributed by atoms with Gasteiger partial charge in [0.25, 0.3) is 0 Å². The molecule has 2 fully saturated rings. The summed E-state index contributed by atoms with van der Waals surface area (Å²) in [5.74, 6) is 2.01. The Bertz CT molecular complexity index is 893. The van der Waals surface area contributed by atoms with Crippen molar-refractivity contribution in [2.45, 2.75) is 6.54 Å². The number of rotatable bonds is 4. The third-order valence-corrected chi connectivity index (χ3v) is 6.39. The van der Waals surface area contributed by atoms with Gasteiger partial charge in [-0.15, -0.1) is 24.0 Å². The Morgan fingerprint density at radius 1 is 1.00 bits per heavy atom. The number of pyridine rings is 1. The molecule has 4 rings (SSSR count). The lowest BCUT2D eigenvalue weighted by Crippen LogP contribution is -2.52. The van der Waals surface area contributed by atoms with Crippen molar-refractivity contribution in [2.24, 2.45) is 4.99 Å². The first-order valence-electron chi connectivity index (χ1n) is 11.0. The molecule has 0 atom stereocenters. The highest BCUT2D eigenvalue weighted by atomic mass is 127. The van der Waals surface area contributed by atoms with Crippen LogP contribution < -0.4 is 15.1 Å². The number of piperazine rings is 2. The third kappa shape index (κ3) is 6.17. The van der Waals surface area contributed by atoms with E-state index in [0.717, 1.165) is 81.4 Å². The van der Waals surface area contributed by atoms with Crippen LogP contribution in [0.5, 0.6) is 0 Å². The van der Waals surface area contributed by atoms with Crippen LogP contribution in [-0.2, 0) is 6.54 Å². The van der Waals surface area contributed by atoms with Crippen LogP contribution in [-0.4, -0.2) is 87.2 Å². The van der Waals surface area contributed by atoms with Gasteiger partial charge in [0, 0.05) is 72.1 Å². The molecule has 0 amide bonds. The second kappa shape index (κ2) is 11.9. The van der Waals surface area contributed by atoms with E-state index in [-0.39, 0.29) is 24.0 Å². The zero-order chi connectivity index (χ0) is 21.6. The molecule has 2 aliphatic heterocycles. The van der Waals surface area contributed by atoms with Gasteiger partial charge in [-0.2, -0.15) is 0 Å². The van der Waals surface area contributed by atoms with E-state index in [1.165, 1.54) is 5.56 Å². The molecule has 0 spiro atoms. The SMILES string of the molecule is CN=C(NCc1ccnc(N2CCN(C)CC2)c1)N1CCN(c2ccccc2Cl)CC1.I. The number of hydrogen-bond donors (Lipinski definition) is 1. The fourth-order valence-electron chi connectivity index (χ4n) is 4.16. The van der Waals surface area contributed by atoms with Gasteiger partial charge in [-0.3, -0.25) is 4.99 Å². The standard InChI is InChI=1S/C23H32ClN7.HI/c1-25-23(31-15-13-29(14-16-31)21-6-4-3-5-20(21)24)27-18-19-7-8-26-22(17-19)30-11-9-28(2)10-12-30;/h3-8,17H,9-16,18H2,1-2H3,(H,25,27);1H. The van der Waals surface area contributed by atoms with Gasteiger partial charge < -0.3 is 24.9 Å². The van der Waals surface area contributed by atoms with Gasteiger partial charge in [-0.25, -0.2) is 4.98 Å². The number of benzene rings is 1. The summed E-state index contributed by atoms with van der Waals surface area (Å²) >= 11 is 6.38.